The second kappa shape index (κ2) is 5.13. The van der Waals surface area contributed by atoms with Crippen molar-refractivity contribution in [1.82, 2.24) is 9.55 Å². The number of anilines is 1. The van der Waals surface area contributed by atoms with Crippen LogP contribution in [0.5, 0.6) is 0 Å². The Labute approximate surface area is 103 Å². The van der Waals surface area contributed by atoms with Crippen LogP contribution in [0, 0.1) is 0 Å². The molecule has 18 heavy (non-hydrogen) atoms. The Morgan fingerprint density at radius 3 is 2.78 bits per heavy atom. The lowest BCUT2D eigenvalue weighted by Gasteiger charge is -2.10. The standard InChI is InChI=1S/C12H11N3O3/c16-11(7-12(17)18)14-9-3-1-2-4-10(9)15-6-5-13-8-15/h1-6,8H,7H2,(H,14,16)(H,17,18). The number of carbonyl (C=O) groups excluding carboxylic acids is 1. The van der Waals surface area contributed by atoms with E-state index in [2.05, 4.69) is 10.3 Å². The van der Waals surface area contributed by atoms with Crippen molar-refractivity contribution >= 4 is 17.6 Å². The molecule has 0 atom stereocenters. The first-order valence-corrected chi connectivity index (χ1v) is 5.26. The van der Waals surface area contributed by atoms with Crippen LogP contribution in [-0.4, -0.2) is 26.5 Å². The summed E-state index contributed by atoms with van der Waals surface area (Å²) in [4.78, 5) is 25.8. The topological polar surface area (TPSA) is 84.2 Å². The van der Waals surface area contributed by atoms with Gasteiger partial charge >= 0.3 is 5.97 Å². The van der Waals surface area contributed by atoms with E-state index in [0.29, 0.717) is 5.69 Å². The molecule has 1 aromatic heterocycles. The number of rotatable bonds is 4. The first-order valence-electron chi connectivity index (χ1n) is 5.26. The third-order valence-corrected chi connectivity index (χ3v) is 2.27. The number of para-hydroxylation sites is 2. The zero-order chi connectivity index (χ0) is 13.0. The van der Waals surface area contributed by atoms with Gasteiger partial charge in [-0.2, -0.15) is 0 Å². The Kier molecular flexibility index (Phi) is 3.38. The van der Waals surface area contributed by atoms with Gasteiger partial charge in [0.25, 0.3) is 0 Å². The van der Waals surface area contributed by atoms with Gasteiger partial charge in [-0.3, -0.25) is 9.59 Å². The molecule has 0 radical (unpaired) electrons. The Morgan fingerprint density at radius 2 is 2.11 bits per heavy atom. The Bertz CT molecular complexity index is 564. The van der Waals surface area contributed by atoms with Crippen molar-refractivity contribution in [2.75, 3.05) is 5.32 Å². The first kappa shape index (κ1) is 11.8. The number of benzene rings is 1. The van der Waals surface area contributed by atoms with E-state index in [4.69, 9.17) is 5.11 Å². The molecular weight excluding hydrogens is 234 g/mol. The Balaban J connectivity index is 2.23. The van der Waals surface area contributed by atoms with Crippen LogP contribution in [0.1, 0.15) is 6.42 Å². The lowest BCUT2D eigenvalue weighted by Crippen LogP contribution is -2.17. The minimum absolute atomic E-state index is 0.543. The molecule has 0 spiro atoms. The predicted molar refractivity (Wildman–Crippen MR) is 64.4 cm³/mol. The van der Waals surface area contributed by atoms with Gasteiger partial charge in [0.15, 0.2) is 0 Å². The van der Waals surface area contributed by atoms with Crippen LogP contribution in [0.15, 0.2) is 43.0 Å². The number of imidazole rings is 1. The minimum Gasteiger partial charge on any atom is -0.481 e. The monoisotopic (exact) mass is 245 g/mol. The molecular formula is C12H11N3O3. The largest absolute Gasteiger partial charge is 0.481 e. The average Bonchev–Trinajstić information content (AvgIpc) is 2.81. The Hall–Kier alpha value is -2.63. The number of carboxylic acids is 1. The van der Waals surface area contributed by atoms with Crippen molar-refractivity contribution in [2.45, 2.75) is 6.42 Å². The number of aliphatic carboxylic acids is 1. The summed E-state index contributed by atoms with van der Waals surface area (Å²) >= 11 is 0. The summed E-state index contributed by atoms with van der Waals surface area (Å²) in [5.74, 6) is -1.72. The van der Waals surface area contributed by atoms with Crippen molar-refractivity contribution in [1.29, 1.82) is 0 Å². The average molecular weight is 245 g/mol. The number of carboxylic acid groups (broad SMARTS) is 1. The van der Waals surface area contributed by atoms with Crippen molar-refractivity contribution in [3.05, 3.63) is 43.0 Å². The van der Waals surface area contributed by atoms with Gasteiger partial charge in [0.2, 0.25) is 5.91 Å². The molecule has 6 nitrogen and oxygen atoms in total. The van der Waals surface area contributed by atoms with Crippen molar-refractivity contribution in [3.63, 3.8) is 0 Å². The third-order valence-electron chi connectivity index (χ3n) is 2.27. The Morgan fingerprint density at radius 1 is 1.33 bits per heavy atom. The van der Waals surface area contributed by atoms with Gasteiger partial charge in [0, 0.05) is 12.4 Å². The van der Waals surface area contributed by atoms with E-state index in [1.54, 1.807) is 41.5 Å². The highest BCUT2D eigenvalue weighted by Crippen LogP contribution is 2.19. The van der Waals surface area contributed by atoms with Gasteiger partial charge in [0.1, 0.15) is 6.42 Å². The molecule has 0 unspecified atom stereocenters. The summed E-state index contributed by atoms with van der Waals surface area (Å²) in [6, 6.07) is 7.09. The lowest BCUT2D eigenvalue weighted by molar-refractivity contribution is -0.139. The van der Waals surface area contributed by atoms with E-state index in [1.807, 2.05) is 6.07 Å². The molecule has 92 valence electrons. The van der Waals surface area contributed by atoms with Crippen LogP contribution in [0.4, 0.5) is 5.69 Å². The molecule has 0 aliphatic carbocycles. The van der Waals surface area contributed by atoms with Gasteiger partial charge in [0.05, 0.1) is 17.7 Å². The quantitative estimate of drug-likeness (QED) is 0.795. The van der Waals surface area contributed by atoms with E-state index in [1.165, 1.54) is 0 Å². The molecule has 0 aliphatic heterocycles. The summed E-state index contributed by atoms with van der Waals surface area (Å²) in [5, 5.41) is 11.1. The molecule has 0 saturated carbocycles. The van der Waals surface area contributed by atoms with Gasteiger partial charge in [-0.05, 0) is 12.1 Å². The van der Waals surface area contributed by atoms with Crippen LogP contribution >= 0.6 is 0 Å². The molecule has 1 heterocycles. The van der Waals surface area contributed by atoms with Crippen LogP contribution in [-0.2, 0) is 9.59 Å². The van der Waals surface area contributed by atoms with Gasteiger partial charge in [-0.25, -0.2) is 4.98 Å². The summed E-state index contributed by atoms with van der Waals surface area (Å²) in [5.41, 5.74) is 1.27. The number of carbonyl (C=O) groups is 2. The van der Waals surface area contributed by atoms with E-state index < -0.39 is 18.3 Å². The molecule has 0 bridgehead atoms. The fraction of sp³-hybridized carbons (Fsp3) is 0.0833. The lowest BCUT2D eigenvalue weighted by atomic mass is 10.2. The number of nitrogens with one attached hydrogen (secondary N) is 1. The van der Waals surface area contributed by atoms with Crippen LogP contribution in [0.2, 0.25) is 0 Å². The third kappa shape index (κ3) is 2.73. The molecule has 2 rings (SSSR count). The minimum atomic E-state index is -1.16. The molecule has 2 aromatic rings. The highest BCUT2D eigenvalue weighted by atomic mass is 16.4. The number of amides is 1. The molecule has 0 aliphatic rings. The second-order valence-electron chi connectivity index (χ2n) is 3.61. The summed E-state index contributed by atoms with van der Waals surface area (Å²) < 4.78 is 1.73. The van der Waals surface area contributed by atoms with E-state index in [9.17, 15) is 9.59 Å². The van der Waals surface area contributed by atoms with Gasteiger partial charge in [-0.15, -0.1) is 0 Å². The second-order valence-corrected chi connectivity index (χ2v) is 3.61. The normalized spacial score (nSPS) is 10.0. The molecule has 1 amide bonds. The van der Waals surface area contributed by atoms with Crippen LogP contribution in [0.25, 0.3) is 5.69 Å². The molecule has 1 aromatic carbocycles. The fourth-order valence-electron chi connectivity index (χ4n) is 1.54. The highest BCUT2D eigenvalue weighted by molar-refractivity contribution is 6.02. The SMILES string of the molecule is O=C(O)CC(=O)Nc1ccccc1-n1ccnc1. The number of aromatic nitrogens is 2. The van der Waals surface area contributed by atoms with E-state index in [0.717, 1.165) is 5.69 Å². The highest BCUT2D eigenvalue weighted by Gasteiger charge is 2.10. The number of hydrogen-bond donors (Lipinski definition) is 2. The fourth-order valence-corrected chi connectivity index (χ4v) is 1.54. The van der Waals surface area contributed by atoms with Gasteiger partial charge < -0.3 is 15.0 Å². The molecule has 6 heteroatoms. The molecule has 2 N–H and O–H groups in total. The maximum absolute atomic E-state index is 11.4. The van der Waals surface area contributed by atoms with Crippen LogP contribution < -0.4 is 5.32 Å². The number of nitrogens with zero attached hydrogens (tertiary/aromatic N) is 2. The smallest absolute Gasteiger partial charge is 0.312 e. The predicted octanol–water partition coefficient (Wildman–Crippen LogP) is 1.29. The summed E-state index contributed by atoms with van der Waals surface area (Å²) in [7, 11) is 0. The van der Waals surface area contributed by atoms with Crippen molar-refractivity contribution < 1.29 is 14.7 Å². The maximum Gasteiger partial charge on any atom is 0.312 e. The summed E-state index contributed by atoms with van der Waals surface area (Å²) in [6.45, 7) is 0. The van der Waals surface area contributed by atoms with Crippen LogP contribution in [0.3, 0.4) is 0 Å². The maximum atomic E-state index is 11.4. The van der Waals surface area contributed by atoms with Crippen molar-refractivity contribution in [3.8, 4) is 5.69 Å². The van der Waals surface area contributed by atoms with Gasteiger partial charge in [-0.1, -0.05) is 12.1 Å². The van der Waals surface area contributed by atoms with E-state index >= 15 is 0 Å². The zero-order valence-corrected chi connectivity index (χ0v) is 9.41. The molecule has 0 fully saturated rings. The first-order chi connectivity index (χ1) is 8.66. The molecule has 0 saturated heterocycles. The number of hydrogen-bond acceptors (Lipinski definition) is 3. The zero-order valence-electron chi connectivity index (χ0n) is 9.41. The van der Waals surface area contributed by atoms with Crippen molar-refractivity contribution in [2.24, 2.45) is 0 Å². The summed E-state index contributed by atoms with van der Waals surface area (Å²) in [6.07, 6.45) is 4.40. The van der Waals surface area contributed by atoms with E-state index in [-0.39, 0.29) is 0 Å².